The van der Waals surface area contributed by atoms with Crippen molar-refractivity contribution in [2.75, 3.05) is 24.7 Å². The molecule has 60 heavy (non-hydrogen) atoms. The monoisotopic (exact) mass is 911 g/mol. The minimum atomic E-state index is -3.89. The number of hydrogen-bond acceptors (Lipinski definition) is 8. The van der Waals surface area contributed by atoms with Gasteiger partial charge in [0.05, 0.1) is 34.3 Å². The van der Waals surface area contributed by atoms with Gasteiger partial charge in [0, 0.05) is 6.10 Å². The average Bonchev–Trinajstić information content (AvgIpc) is 3.65. The fourth-order valence-electron chi connectivity index (χ4n) is 8.28. The fourth-order valence-corrected chi connectivity index (χ4v) is 19.3. The highest BCUT2D eigenvalue weighted by Gasteiger charge is 2.53. The maximum Gasteiger partial charge on any atom is 0.261 e. The van der Waals surface area contributed by atoms with Gasteiger partial charge in [0.15, 0.2) is 14.1 Å². The molecule has 3 aromatic carbocycles. The van der Waals surface area contributed by atoms with Crippen molar-refractivity contribution in [3.05, 3.63) is 103 Å². The van der Waals surface area contributed by atoms with Crippen LogP contribution >= 0.6 is 23.5 Å². The lowest BCUT2D eigenvalue weighted by molar-refractivity contribution is -0.162. The second-order valence-electron chi connectivity index (χ2n) is 19.6. The van der Waals surface area contributed by atoms with Gasteiger partial charge in [-0.3, -0.25) is 0 Å². The van der Waals surface area contributed by atoms with Crippen molar-refractivity contribution in [3.8, 4) is 0 Å². The van der Waals surface area contributed by atoms with Gasteiger partial charge in [-0.2, -0.15) is 0 Å². The highest BCUT2D eigenvalue weighted by atomic mass is 32.2. The molecule has 7 nitrogen and oxygen atoms in total. The van der Waals surface area contributed by atoms with E-state index in [9.17, 15) is 8.42 Å². The lowest BCUT2D eigenvalue weighted by Crippen LogP contribution is -2.68. The van der Waals surface area contributed by atoms with E-state index < -0.39 is 38.5 Å². The van der Waals surface area contributed by atoms with Gasteiger partial charge in [-0.05, 0) is 109 Å². The molecule has 1 N–H and O–H groups in total. The van der Waals surface area contributed by atoms with Crippen molar-refractivity contribution in [1.29, 1.82) is 0 Å². The van der Waals surface area contributed by atoms with Gasteiger partial charge < -0.3 is 18.3 Å². The Morgan fingerprint density at radius 3 is 1.83 bits per heavy atom. The Kier molecular flexibility index (Phi) is 16.4. The summed E-state index contributed by atoms with van der Waals surface area (Å²) >= 11 is 3.89. The quantitative estimate of drug-likeness (QED) is 0.0941. The summed E-state index contributed by atoms with van der Waals surface area (Å²) in [6.07, 6.45) is 5.78. The number of rotatable bonds is 19. The molecular formula is C48H73NO6S3Si2. The van der Waals surface area contributed by atoms with Crippen LogP contribution < -0.4 is 15.1 Å². The standard InChI is InChI=1S/C48H73NO6S3Si2/c1-13-38(3)43(55-60(46(7,8)9,41-21-16-14-17-22-41)42-23-18-15-19-24-42)30-27-39(54-59(11,12)45(4,5)6)35-48(56-33-20-34-57-48)36-44(47(10)52-31-32-53-47)49-58(50,51)40-28-25-37(2)26-29-40/h13-19,21-26,28-29,38-39,43-44,49H,1,20,27,30-36H2,2-12H3/t38-,39-,43-,44+/m0/s1. The number of ether oxygens (including phenoxy) is 2. The third kappa shape index (κ3) is 11.7. The van der Waals surface area contributed by atoms with Gasteiger partial charge in [0.2, 0.25) is 10.0 Å². The van der Waals surface area contributed by atoms with Crippen LogP contribution in [-0.2, 0) is 28.3 Å². The van der Waals surface area contributed by atoms with E-state index in [-0.39, 0.29) is 37.2 Å². The summed E-state index contributed by atoms with van der Waals surface area (Å²) in [6.45, 7) is 29.8. The summed E-state index contributed by atoms with van der Waals surface area (Å²) < 4.78 is 58.9. The lowest BCUT2D eigenvalue weighted by Gasteiger charge is -2.47. The zero-order valence-electron chi connectivity index (χ0n) is 38.2. The summed E-state index contributed by atoms with van der Waals surface area (Å²) in [7, 11) is -9.04. The first-order valence-corrected chi connectivity index (χ1v) is 30.1. The molecule has 0 unspecified atom stereocenters. The SMILES string of the molecule is C=C[C@H](C)[C@H](CC[C@@H](CC1(C[C@@H](NS(=O)(=O)c2ccc(C)cc2)C2(C)OCCO2)SCCCS1)O[Si](C)(C)C(C)(C)C)O[Si](c1ccccc1)(c1ccccc1)C(C)(C)C. The zero-order valence-corrected chi connectivity index (χ0v) is 42.7. The predicted octanol–water partition coefficient (Wildman–Crippen LogP) is 10.7. The molecule has 2 fully saturated rings. The van der Waals surface area contributed by atoms with Crippen LogP contribution in [-0.4, -0.2) is 77.9 Å². The van der Waals surface area contributed by atoms with Crippen molar-refractivity contribution in [2.24, 2.45) is 5.92 Å². The van der Waals surface area contributed by atoms with Crippen LogP contribution in [0.15, 0.2) is 102 Å². The largest absolute Gasteiger partial charge is 0.414 e. The van der Waals surface area contributed by atoms with Crippen LogP contribution in [0.25, 0.3) is 0 Å². The molecule has 0 aliphatic carbocycles. The summed E-state index contributed by atoms with van der Waals surface area (Å²) in [4.78, 5) is 0.236. The Bertz CT molecular complexity index is 1880. The highest BCUT2D eigenvalue weighted by molar-refractivity contribution is 8.18. The summed E-state index contributed by atoms with van der Waals surface area (Å²) in [6, 6.07) is 28.1. The summed E-state index contributed by atoms with van der Waals surface area (Å²) in [5.74, 6) is 0.948. The van der Waals surface area contributed by atoms with Gasteiger partial charge in [0.25, 0.3) is 8.32 Å². The maximum absolute atomic E-state index is 14.1. The smallest absolute Gasteiger partial charge is 0.261 e. The van der Waals surface area contributed by atoms with Crippen LogP contribution in [0.1, 0.15) is 93.1 Å². The van der Waals surface area contributed by atoms with E-state index in [1.54, 1.807) is 12.1 Å². The van der Waals surface area contributed by atoms with E-state index in [4.69, 9.17) is 18.3 Å². The average molecular weight is 912 g/mol. The molecule has 0 spiro atoms. The molecule has 3 aromatic rings. The summed E-state index contributed by atoms with van der Waals surface area (Å²) in [5.41, 5.74) is 1.00. The Labute approximate surface area is 374 Å². The first-order chi connectivity index (χ1) is 28.1. The van der Waals surface area contributed by atoms with Crippen molar-refractivity contribution in [1.82, 2.24) is 4.72 Å². The van der Waals surface area contributed by atoms with Crippen molar-refractivity contribution < 1.29 is 26.7 Å². The van der Waals surface area contributed by atoms with Crippen LogP contribution in [0.3, 0.4) is 0 Å². The van der Waals surface area contributed by atoms with E-state index >= 15 is 0 Å². The second-order valence-corrected chi connectivity index (χ2v) is 33.5. The third-order valence-electron chi connectivity index (χ3n) is 12.9. The van der Waals surface area contributed by atoms with Crippen LogP contribution in [0.5, 0.6) is 0 Å². The number of benzene rings is 3. The third-order valence-corrected chi connectivity index (χ3v) is 27.4. The normalized spacial score (nSPS) is 19.6. The Morgan fingerprint density at radius 2 is 1.35 bits per heavy atom. The topological polar surface area (TPSA) is 83.1 Å². The van der Waals surface area contributed by atoms with Gasteiger partial charge in [-0.15, -0.1) is 30.1 Å². The van der Waals surface area contributed by atoms with Crippen LogP contribution in [0.4, 0.5) is 0 Å². The van der Waals surface area contributed by atoms with Crippen LogP contribution in [0, 0.1) is 12.8 Å². The zero-order chi connectivity index (χ0) is 44.0. The van der Waals surface area contributed by atoms with Gasteiger partial charge in [0.1, 0.15) is 0 Å². The minimum absolute atomic E-state index is 0.00426. The van der Waals surface area contributed by atoms with E-state index in [0.717, 1.165) is 42.8 Å². The lowest BCUT2D eigenvalue weighted by atomic mass is 9.95. The number of aryl methyl sites for hydroxylation is 1. The van der Waals surface area contributed by atoms with E-state index in [2.05, 4.69) is 134 Å². The fraction of sp³-hybridized carbons (Fsp3) is 0.583. The van der Waals surface area contributed by atoms with E-state index in [1.165, 1.54) is 10.4 Å². The van der Waals surface area contributed by atoms with E-state index in [1.807, 2.05) is 55.6 Å². The van der Waals surface area contributed by atoms with Gasteiger partial charge >= 0.3 is 0 Å². The molecule has 12 heteroatoms. The van der Waals surface area contributed by atoms with Crippen molar-refractivity contribution in [3.63, 3.8) is 0 Å². The molecule has 332 valence electrons. The molecular weight excluding hydrogens is 839 g/mol. The number of hydrogen-bond donors (Lipinski definition) is 1. The molecule has 0 amide bonds. The predicted molar refractivity (Wildman–Crippen MR) is 260 cm³/mol. The molecule has 2 aliphatic rings. The molecule has 2 aliphatic heterocycles. The molecule has 2 saturated heterocycles. The highest BCUT2D eigenvalue weighted by Crippen LogP contribution is 2.52. The maximum atomic E-state index is 14.1. The molecule has 0 bridgehead atoms. The van der Waals surface area contributed by atoms with Crippen molar-refractivity contribution >= 4 is 60.6 Å². The molecule has 0 radical (unpaired) electrons. The van der Waals surface area contributed by atoms with Crippen molar-refractivity contribution in [2.45, 2.75) is 151 Å². The number of nitrogens with one attached hydrogen (secondary N) is 1. The second kappa shape index (κ2) is 20.0. The van der Waals surface area contributed by atoms with Gasteiger partial charge in [-0.25, -0.2) is 13.1 Å². The first kappa shape index (κ1) is 49.3. The molecule has 2 heterocycles. The number of thioether (sulfide) groups is 2. The molecule has 0 aromatic heterocycles. The van der Waals surface area contributed by atoms with E-state index in [0.29, 0.717) is 19.6 Å². The van der Waals surface area contributed by atoms with Gasteiger partial charge in [-0.1, -0.05) is 133 Å². The minimum Gasteiger partial charge on any atom is -0.414 e. The Balaban J connectivity index is 1.53. The summed E-state index contributed by atoms with van der Waals surface area (Å²) in [5, 5.41) is 2.34. The first-order valence-electron chi connectivity index (χ1n) is 21.8. The number of sulfonamides is 1. The van der Waals surface area contributed by atoms with Crippen LogP contribution in [0.2, 0.25) is 23.2 Å². The Morgan fingerprint density at radius 1 is 0.817 bits per heavy atom. The molecule has 4 atom stereocenters. The molecule has 5 rings (SSSR count). The molecule has 0 saturated carbocycles. The Hall–Kier alpha value is -1.72.